The van der Waals surface area contributed by atoms with E-state index in [4.69, 9.17) is 12.2 Å². The fraction of sp³-hybridized carbons (Fsp3) is 0.125. The molecule has 9 heteroatoms. The third-order valence-corrected chi connectivity index (χ3v) is 4.29. The molecule has 3 rings (SSSR count). The first kappa shape index (κ1) is 17.4. The Balaban J connectivity index is 1.64. The van der Waals surface area contributed by atoms with E-state index >= 15 is 0 Å². The largest absolute Gasteiger partial charge is 0.573 e. The minimum atomic E-state index is -4.72. The number of alkyl halides is 3. The van der Waals surface area contributed by atoms with Gasteiger partial charge in [-0.3, -0.25) is 0 Å². The zero-order valence-electron chi connectivity index (χ0n) is 12.6. The Labute approximate surface area is 150 Å². The second-order valence-electron chi connectivity index (χ2n) is 4.99. The van der Waals surface area contributed by atoms with Crippen LogP contribution in [0, 0.1) is 0 Å². The first-order valence-corrected chi connectivity index (χ1v) is 8.37. The molecule has 0 fully saturated rings. The molecule has 25 heavy (non-hydrogen) atoms. The number of thiocarbonyl (C=S) groups is 1. The monoisotopic (exact) mass is 383 g/mol. The van der Waals surface area contributed by atoms with Crippen LogP contribution >= 0.6 is 23.6 Å². The molecule has 1 heterocycles. The number of halogens is 3. The Morgan fingerprint density at radius 1 is 1.16 bits per heavy atom. The molecule has 0 aliphatic rings. The minimum absolute atomic E-state index is 0.278. The van der Waals surface area contributed by atoms with Gasteiger partial charge in [0.15, 0.2) is 10.2 Å². The summed E-state index contributed by atoms with van der Waals surface area (Å²) in [5.41, 5.74) is 1.64. The molecule has 0 unspecified atom stereocenters. The van der Waals surface area contributed by atoms with Crippen molar-refractivity contribution in [2.24, 2.45) is 0 Å². The van der Waals surface area contributed by atoms with Crippen LogP contribution in [0.4, 0.5) is 18.3 Å². The maximum Gasteiger partial charge on any atom is 0.573 e. The van der Waals surface area contributed by atoms with Crippen LogP contribution in [-0.2, 0) is 6.54 Å². The zero-order valence-corrected chi connectivity index (χ0v) is 14.3. The second-order valence-corrected chi connectivity index (χ2v) is 6.43. The number of benzene rings is 2. The lowest BCUT2D eigenvalue weighted by molar-refractivity contribution is -0.274. The van der Waals surface area contributed by atoms with Crippen LogP contribution in [0.2, 0.25) is 0 Å². The first-order chi connectivity index (χ1) is 11.9. The van der Waals surface area contributed by atoms with E-state index in [9.17, 15) is 13.2 Å². The van der Waals surface area contributed by atoms with E-state index in [1.54, 1.807) is 0 Å². The summed E-state index contributed by atoms with van der Waals surface area (Å²) in [4.78, 5) is 4.29. The van der Waals surface area contributed by atoms with E-state index < -0.39 is 6.36 Å². The summed E-state index contributed by atoms with van der Waals surface area (Å²) >= 11 is 6.40. The predicted molar refractivity (Wildman–Crippen MR) is 95.8 cm³/mol. The van der Waals surface area contributed by atoms with Gasteiger partial charge in [0.25, 0.3) is 0 Å². The van der Waals surface area contributed by atoms with Crippen molar-refractivity contribution < 1.29 is 17.9 Å². The number of ether oxygens (including phenoxy) is 1. The normalized spacial score (nSPS) is 11.3. The highest BCUT2D eigenvalue weighted by Crippen LogP contribution is 2.31. The molecule has 2 N–H and O–H groups in total. The van der Waals surface area contributed by atoms with E-state index in [0.717, 1.165) is 5.56 Å². The lowest BCUT2D eigenvalue weighted by atomic mass is 10.2. The molecule has 0 saturated carbocycles. The van der Waals surface area contributed by atoms with E-state index in [1.807, 2.05) is 30.3 Å². The van der Waals surface area contributed by atoms with Crippen molar-refractivity contribution in [2.75, 3.05) is 5.32 Å². The molecular weight excluding hydrogens is 371 g/mol. The fourth-order valence-corrected chi connectivity index (χ4v) is 3.21. The molecule has 0 atom stereocenters. The quantitative estimate of drug-likeness (QED) is 0.641. The molecule has 0 aliphatic carbocycles. The highest BCUT2D eigenvalue weighted by molar-refractivity contribution is 7.80. The number of fused-ring (bicyclic) bond motifs is 1. The summed E-state index contributed by atoms with van der Waals surface area (Å²) in [5.74, 6) is -0.278. The van der Waals surface area contributed by atoms with Gasteiger partial charge in [0.05, 0.1) is 10.2 Å². The van der Waals surface area contributed by atoms with Gasteiger partial charge in [-0.25, -0.2) is 4.98 Å². The van der Waals surface area contributed by atoms with Crippen LogP contribution < -0.4 is 15.4 Å². The van der Waals surface area contributed by atoms with Crippen molar-refractivity contribution in [1.82, 2.24) is 10.3 Å². The second kappa shape index (κ2) is 7.24. The average Bonchev–Trinajstić information content (AvgIpc) is 2.94. The zero-order chi connectivity index (χ0) is 17.9. The molecular formula is C16H12F3N3OS2. The smallest absolute Gasteiger partial charge is 0.406 e. The third-order valence-electron chi connectivity index (χ3n) is 3.11. The van der Waals surface area contributed by atoms with Gasteiger partial charge in [0.1, 0.15) is 5.75 Å². The lowest BCUT2D eigenvalue weighted by Crippen LogP contribution is -2.27. The number of anilines is 1. The predicted octanol–water partition coefficient (Wildman–Crippen LogP) is 4.68. The SMILES string of the molecule is FC(F)(F)Oc1ccc2nc(NC(=S)NCc3ccccc3)sc2c1. The van der Waals surface area contributed by atoms with Crippen molar-refractivity contribution in [2.45, 2.75) is 12.9 Å². The molecule has 2 aromatic carbocycles. The van der Waals surface area contributed by atoms with Gasteiger partial charge in [-0.1, -0.05) is 41.7 Å². The molecule has 0 amide bonds. The Bertz CT molecular complexity index is 881. The van der Waals surface area contributed by atoms with E-state index in [2.05, 4.69) is 20.4 Å². The van der Waals surface area contributed by atoms with Gasteiger partial charge in [0, 0.05) is 12.6 Å². The summed E-state index contributed by atoms with van der Waals surface area (Å²) < 4.78 is 41.3. The van der Waals surface area contributed by atoms with Crippen LogP contribution in [0.1, 0.15) is 5.56 Å². The molecule has 1 aromatic heterocycles. The highest BCUT2D eigenvalue weighted by Gasteiger charge is 2.31. The Hall–Kier alpha value is -2.39. The highest BCUT2D eigenvalue weighted by atomic mass is 32.1. The molecule has 0 spiro atoms. The van der Waals surface area contributed by atoms with E-state index in [-0.39, 0.29) is 5.75 Å². The van der Waals surface area contributed by atoms with Crippen LogP contribution in [0.15, 0.2) is 48.5 Å². The van der Waals surface area contributed by atoms with Crippen molar-refractivity contribution in [3.63, 3.8) is 0 Å². The third kappa shape index (κ3) is 5.04. The number of hydrogen-bond acceptors (Lipinski definition) is 4. The molecule has 0 bridgehead atoms. The van der Waals surface area contributed by atoms with Crippen molar-refractivity contribution in [3.05, 3.63) is 54.1 Å². The van der Waals surface area contributed by atoms with Crippen LogP contribution in [-0.4, -0.2) is 16.5 Å². The topological polar surface area (TPSA) is 46.2 Å². The van der Waals surface area contributed by atoms with Crippen LogP contribution in [0.5, 0.6) is 5.75 Å². The van der Waals surface area contributed by atoms with Crippen LogP contribution in [0.3, 0.4) is 0 Å². The van der Waals surface area contributed by atoms with E-state index in [1.165, 1.54) is 29.5 Å². The van der Waals surface area contributed by atoms with Crippen LogP contribution in [0.25, 0.3) is 10.2 Å². The van der Waals surface area contributed by atoms with Gasteiger partial charge in [-0.05, 0) is 29.9 Å². The molecule has 0 aliphatic heterocycles. The fourth-order valence-electron chi connectivity index (χ4n) is 2.08. The average molecular weight is 383 g/mol. The summed E-state index contributed by atoms with van der Waals surface area (Å²) in [6.07, 6.45) is -4.72. The van der Waals surface area contributed by atoms with Crippen molar-refractivity contribution in [1.29, 1.82) is 0 Å². The molecule has 0 radical (unpaired) electrons. The van der Waals surface area contributed by atoms with Crippen molar-refractivity contribution in [3.8, 4) is 5.75 Å². The number of thiazole rings is 1. The maximum absolute atomic E-state index is 12.3. The van der Waals surface area contributed by atoms with E-state index in [0.29, 0.717) is 27.0 Å². The van der Waals surface area contributed by atoms with Gasteiger partial charge in [-0.15, -0.1) is 13.2 Å². The molecule has 3 aromatic rings. The van der Waals surface area contributed by atoms with Gasteiger partial charge < -0.3 is 15.4 Å². The van der Waals surface area contributed by atoms with Gasteiger partial charge >= 0.3 is 6.36 Å². The number of aromatic nitrogens is 1. The van der Waals surface area contributed by atoms with Crippen molar-refractivity contribution >= 4 is 44.0 Å². The Kier molecular flexibility index (Phi) is 5.05. The minimum Gasteiger partial charge on any atom is -0.406 e. The summed E-state index contributed by atoms with van der Waals surface area (Å²) in [6.45, 7) is 0.557. The standard InChI is InChI=1S/C16H12F3N3OS2/c17-16(18,19)23-11-6-7-12-13(8-11)25-15(21-12)22-14(24)20-9-10-4-2-1-3-5-10/h1-8H,9H2,(H2,20,21,22,24). The summed E-state index contributed by atoms with van der Waals surface area (Å²) in [5, 5.41) is 6.86. The number of rotatable bonds is 4. The number of hydrogen-bond donors (Lipinski definition) is 2. The maximum atomic E-state index is 12.3. The first-order valence-electron chi connectivity index (χ1n) is 7.14. The molecule has 130 valence electrons. The number of nitrogens with zero attached hydrogens (tertiary/aromatic N) is 1. The number of nitrogens with one attached hydrogen (secondary N) is 2. The summed E-state index contributed by atoms with van der Waals surface area (Å²) in [7, 11) is 0. The molecule has 0 saturated heterocycles. The van der Waals surface area contributed by atoms with Gasteiger partial charge in [0.2, 0.25) is 0 Å². The molecule has 4 nitrogen and oxygen atoms in total. The van der Waals surface area contributed by atoms with Gasteiger partial charge in [-0.2, -0.15) is 0 Å². The Morgan fingerprint density at radius 2 is 1.92 bits per heavy atom. The lowest BCUT2D eigenvalue weighted by Gasteiger charge is -2.08. The summed E-state index contributed by atoms with van der Waals surface area (Å²) in [6, 6.07) is 13.7. The Morgan fingerprint density at radius 3 is 2.64 bits per heavy atom.